The molecule has 1 fully saturated rings. The van der Waals surface area contributed by atoms with Crippen LogP contribution in [0.5, 0.6) is 5.75 Å². The lowest BCUT2D eigenvalue weighted by Crippen LogP contribution is -2.30. The molecule has 146 valence electrons. The molecule has 28 heavy (non-hydrogen) atoms. The highest BCUT2D eigenvalue weighted by Gasteiger charge is 2.34. The number of hydrogen-bond donors (Lipinski definition) is 1. The van der Waals surface area contributed by atoms with Crippen molar-refractivity contribution in [1.82, 2.24) is 10.2 Å². The summed E-state index contributed by atoms with van der Waals surface area (Å²) >= 11 is 6.03. The van der Waals surface area contributed by atoms with Crippen molar-refractivity contribution >= 4 is 35.6 Å². The standard InChI is InChI=1S/C19H17ClN2O6/c1-3-27-15-6-4-12(20)8-11(15)9-14-17(23)22(19(25)21-14)10-13-5-7-16(28-13)18(24)26-2/h4-9H,3,10H2,1-2H3,(H,21,25). The van der Waals surface area contributed by atoms with E-state index < -0.39 is 17.9 Å². The number of nitrogens with zero attached hydrogens (tertiary/aromatic N) is 1. The highest BCUT2D eigenvalue weighted by molar-refractivity contribution is 6.30. The Morgan fingerprint density at radius 2 is 2.07 bits per heavy atom. The number of esters is 1. The summed E-state index contributed by atoms with van der Waals surface area (Å²) < 4.78 is 15.4. The van der Waals surface area contributed by atoms with Gasteiger partial charge in [0, 0.05) is 10.6 Å². The number of halogens is 1. The topological polar surface area (TPSA) is 98.1 Å². The van der Waals surface area contributed by atoms with Crippen LogP contribution < -0.4 is 10.1 Å². The molecule has 2 aromatic rings. The number of carbonyl (C=O) groups is 3. The molecule has 1 aromatic heterocycles. The lowest BCUT2D eigenvalue weighted by atomic mass is 10.1. The van der Waals surface area contributed by atoms with Gasteiger partial charge in [-0.25, -0.2) is 9.59 Å². The second-order valence-electron chi connectivity index (χ2n) is 5.75. The van der Waals surface area contributed by atoms with Crippen LogP contribution in [0.25, 0.3) is 6.08 Å². The third-order valence-electron chi connectivity index (χ3n) is 3.90. The van der Waals surface area contributed by atoms with Gasteiger partial charge in [0.25, 0.3) is 5.91 Å². The van der Waals surface area contributed by atoms with E-state index in [-0.39, 0.29) is 23.8 Å². The molecule has 0 aliphatic carbocycles. The summed E-state index contributed by atoms with van der Waals surface area (Å²) in [4.78, 5) is 37.3. The number of benzene rings is 1. The van der Waals surface area contributed by atoms with Crippen molar-refractivity contribution < 1.29 is 28.3 Å². The van der Waals surface area contributed by atoms with Crippen molar-refractivity contribution in [2.45, 2.75) is 13.5 Å². The van der Waals surface area contributed by atoms with E-state index in [9.17, 15) is 14.4 Å². The van der Waals surface area contributed by atoms with E-state index in [4.69, 9.17) is 20.8 Å². The Morgan fingerprint density at radius 3 is 2.79 bits per heavy atom. The Bertz CT molecular complexity index is 965. The first kappa shape index (κ1) is 19.5. The highest BCUT2D eigenvalue weighted by atomic mass is 35.5. The van der Waals surface area contributed by atoms with Gasteiger partial charge in [0.1, 0.15) is 17.2 Å². The second kappa shape index (κ2) is 8.18. The molecule has 0 unspecified atom stereocenters. The molecule has 3 rings (SSSR count). The number of rotatable bonds is 6. The number of nitrogens with one attached hydrogen (secondary N) is 1. The van der Waals surface area contributed by atoms with E-state index in [0.717, 1.165) is 4.90 Å². The summed E-state index contributed by atoms with van der Waals surface area (Å²) in [6.07, 6.45) is 1.50. The smallest absolute Gasteiger partial charge is 0.373 e. The average Bonchev–Trinajstić information content (AvgIpc) is 3.24. The number of ether oxygens (including phenoxy) is 2. The Morgan fingerprint density at radius 1 is 1.29 bits per heavy atom. The first-order valence-corrected chi connectivity index (χ1v) is 8.74. The third kappa shape index (κ3) is 4.01. The number of amides is 3. The molecule has 1 aliphatic heterocycles. The Hall–Kier alpha value is -3.26. The van der Waals surface area contributed by atoms with Gasteiger partial charge in [0.15, 0.2) is 0 Å². The maximum atomic E-state index is 12.6. The largest absolute Gasteiger partial charge is 0.493 e. The summed E-state index contributed by atoms with van der Waals surface area (Å²) in [5, 5.41) is 2.99. The molecule has 1 aromatic carbocycles. The summed E-state index contributed by atoms with van der Waals surface area (Å²) in [5.74, 6) is -0.394. The quantitative estimate of drug-likeness (QED) is 0.451. The molecule has 8 nitrogen and oxygen atoms in total. The average molecular weight is 405 g/mol. The summed E-state index contributed by atoms with van der Waals surface area (Å²) in [5.41, 5.74) is 0.638. The third-order valence-corrected chi connectivity index (χ3v) is 4.13. The van der Waals surface area contributed by atoms with Gasteiger partial charge in [-0.15, -0.1) is 0 Å². The van der Waals surface area contributed by atoms with Crippen LogP contribution in [-0.2, 0) is 16.1 Å². The van der Waals surface area contributed by atoms with Crippen LogP contribution in [0, 0.1) is 0 Å². The maximum absolute atomic E-state index is 12.6. The number of hydrogen-bond acceptors (Lipinski definition) is 6. The van der Waals surface area contributed by atoms with Crippen LogP contribution in [0.4, 0.5) is 4.79 Å². The SMILES string of the molecule is CCOc1ccc(Cl)cc1C=C1NC(=O)N(Cc2ccc(C(=O)OC)o2)C1=O. The number of methoxy groups -OCH3 is 1. The minimum Gasteiger partial charge on any atom is -0.493 e. The molecule has 0 spiro atoms. The molecular formula is C19H17ClN2O6. The number of carbonyl (C=O) groups excluding carboxylic acids is 3. The van der Waals surface area contributed by atoms with Crippen molar-refractivity contribution in [3.05, 3.63) is 58.1 Å². The first-order chi connectivity index (χ1) is 13.4. The molecule has 0 saturated carbocycles. The molecule has 1 saturated heterocycles. The van der Waals surface area contributed by atoms with E-state index >= 15 is 0 Å². The molecule has 3 amide bonds. The molecule has 0 atom stereocenters. The van der Waals surface area contributed by atoms with Gasteiger partial charge in [-0.2, -0.15) is 0 Å². The Kier molecular flexibility index (Phi) is 5.70. The van der Waals surface area contributed by atoms with Crippen molar-refractivity contribution in [1.29, 1.82) is 0 Å². The van der Waals surface area contributed by atoms with Gasteiger partial charge in [0.05, 0.1) is 20.3 Å². The minimum atomic E-state index is -0.645. The summed E-state index contributed by atoms with van der Waals surface area (Å²) in [6, 6.07) is 7.30. The van der Waals surface area contributed by atoms with Crippen LogP contribution >= 0.6 is 11.6 Å². The van der Waals surface area contributed by atoms with E-state index in [1.807, 2.05) is 6.92 Å². The van der Waals surface area contributed by atoms with E-state index in [1.165, 1.54) is 25.3 Å². The van der Waals surface area contributed by atoms with Gasteiger partial charge >= 0.3 is 12.0 Å². The minimum absolute atomic E-state index is 0.0133. The van der Waals surface area contributed by atoms with Gasteiger partial charge in [0.2, 0.25) is 5.76 Å². The summed E-state index contributed by atoms with van der Waals surface area (Å²) in [6.45, 7) is 2.14. The first-order valence-electron chi connectivity index (χ1n) is 8.36. The van der Waals surface area contributed by atoms with E-state index in [1.54, 1.807) is 18.2 Å². The van der Waals surface area contributed by atoms with Crippen molar-refractivity contribution in [2.75, 3.05) is 13.7 Å². The van der Waals surface area contributed by atoms with Crippen LogP contribution in [-0.4, -0.2) is 36.5 Å². The van der Waals surface area contributed by atoms with Gasteiger partial charge in [-0.1, -0.05) is 11.6 Å². The van der Waals surface area contributed by atoms with Crippen molar-refractivity contribution in [3.8, 4) is 5.75 Å². The highest BCUT2D eigenvalue weighted by Crippen LogP contribution is 2.27. The predicted molar refractivity (Wildman–Crippen MR) is 99.7 cm³/mol. The van der Waals surface area contributed by atoms with E-state index in [0.29, 0.717) is 22.9 Å². The molecule has 0 bridgehead atoms. The fraction of sp³-hybridized carbons (Fsp3) is 0.211. The number of furan rings is 1. The second-order valence-corrected chi connectivity index (χ2v) is 6.19. The lowest BCUT2D eigenvalue weighted by Gasteiger charge is -2.09. The monoisotopic (exact) mass is 404 g/mol. The molecule has 1 N–H and O–H groups in total. The fourth-order valence-corrected chi connectivity index (χ4v) is 2.80. The maximum Gasteiger partial charge on any atom is 0.373 e. The van der Waals surface area contributed by atoms with Gasteiger partial charge < -0.3 is 19.2 Å². The number of urea groups is 1. The number of imide groups is 1. The predicted octanol–water partition coefficient (Wildman–Crippen LogP) is 3.21. The van der Waals surface area contributed by atoms with Crippen LogP contribution in [0.15, 0.2) is 40.4 Å². The van der Waals surface area contributed by atoms with E-state index in [2.05, 4.69) is 10.1 Å². The lowest BCUT2D eigenvalue weighted by molar-refractivity contribution is -0.123. The fourth-order valence-electron chi connectivity index (χ4n) is 2.62. The molecule has 9 heteroatoms. The molecule has 1 aliphatic rings. The van der Waals surface area contributed by atoms with Crippen molar-refractivity contribution in [3.63, 3.8) is 0 Å². The van der Waals surface area contributed by atoms with Crippen LogP contribution in [0.1, 0.15) is 28.8 Å². The van der Waals surface area contributed by atoms with Gasteiger partial charge in [-0.05, 0) is 43.3 Å². The Balaban J connectivity index is 1.82. The molecular weight excluding hydrogens is 388 g/mol. The van der Waals surface area contributed by atoms with Crippen LogP contribution in [0.3, 0.4) is 0 Å². The van der Waals surface area contributed by atoms with Crippen LogP contribution in [0.2, 0.25) is 5.02 Å². The van der Waals surface area contributed by atoms with Gasteiger partial charge in [-0.3, -0.25) is 9.69 Å². The molecule has 2 heterocycles. The zero-order valence-electron chi connectivity index (χ0n) is 15.2. The Labute approximate surface area is 165 Å². The zero-order valence-corrected chi connectivity index (χ0v) is 15.9. The molecule has 0 radical (unpaired) electrons. The van der Waals surface area contributed by atoms with Crippen molar-refractivity contribution in [2.24, 2.45) is 0 Å². The normalized spacial score (nSPS) is 15.1. The summed E-state index contributed by atoms with van der Waals surface area (Å²) in [7, 11) is 1.23. The zero-order chi connectivity index (χ0) is 20.3.